The summed E-state index contributed by atoms with van der Waals surface area (Å²) in [6.45, 7) is 12.5. The van der Waals surface area contributed by atoms with E-state index < -0.39 is 17.6 Å². The normalized spacial score (nSPS) is 11.5. The predicted molar refractivity (Wildman–Crippen MR) is 180 cm³/mol. The van der Waals surface area contributed by atoms with Crippen molar-refractivity contribution >= 4 is 6.08 Å². The summed E-state index contributed by atoms with van der Waals surface area (Å²) in [5.74, 6) is -0.936. The molecule has 252 valence electrons. The fraction of sp³-hybridized carbons (Fsp3) is 0.351. The van der Waals surface area contributed by atoms with Crippen LogP contribution in [0.5, 0.6) is 5.75 Å². The van der Waals surface area contributed by atoms with Crippen LogP contribution in [0.2, 0.25) is 0 Å². The largest absolute Gasteiger partial charge is 0.494 e. The van der Waals surface area contributed by atoms with Gasteiger partial charge in [-0.3, -0.25) is 0 Å². The summed E-state index contributed by atoms with van der Waals surface area (Å²) in [6.07, 6.45) is 4.42. The molecule has 0 aliphatic heterocycles. The van der Waals surface area contributed by atoms with Gasteiger partial charge in [-0.2, -0.15) is 13.2 Å². The molecular weight excluding hydrogens is 597 g/mol. The fourth-order valence-electron chi connectivity index (χ4n) is 4.33. The number of alkyl halides is 3. The van der Waals surface area contributed by atoms with E-state index in [4.69, 9.17) is 10.5 Å². The molecule has 46 heavy (non-hydrogen) atoms. The lowest BCUT2D eigenvalue weighted by molar-refractivity contribution is -0.138. The first-order valence-electron chi connectivity index (χ1n) is 15.3. The molecule has 0 aromatic heterocycles. The van der Waals surface area contributed by atoms with Gasteiger partial charge >= 0.3 is 6.18 Å². The number of nitrogens with two attached hydrogens (primary N) is 1. The molecule has 0 aliphatic carbocycles. The molecule has 0 radical (unpaired) electrons. The number of methoxy groups -OCH3 is 1. The van der Waals surface area contributed by atoms with Gasteiger partial charge < -0.3 is 20.7 Å². The molecule has 3 rings (SSSR count). The van der Waals surface area contributed by atoms with Crippen molar-refractivity contribution in [2.24, 2.45) is 5.73 Å². The topological polar surface area (TPSA) is 50.5 Å². The number of unbranched alkanes of at least 4 members (excludes halogenated alkanes) is 1. The minimum absolute atomic E-state index is 0.114. The van der Waals surface area contributed by atoms with Gasteiger partial charge in [0, 0.05) is 35.6 Å². The lowest BCUT2D eigenvalue weighted by Gasteiger charge is -2.27. The van der Waals surface area contributed by atoms with E-state index in [2.05, 4.69) is 18.8 Å². The third-order valence-corrected chi connectivity index (χ3v) is 6.76. The Morgan fingerprint density at radius 3 is 2.20 bits per heavy atom. The molecule has 3 N–H and O–H groups in total. The molecule has 0 aliphatic rings. The number of nitrogens with one attached hydrogen (secondary N) is 1. The predicted octanol–water partition coefficient (Wildman–Crippen LogP) is 9.88. The van der Waals surface area contributed by atoms with E-state index in [0.717, 1.165) is 48.1 Å². The number of nitrogens with zero attached hydrogens (tertiary/aromatic N) is 1. The SMILES string of the molecule is C=CN/C(C)=C/c1cccc(OC)c1F.CC/C=C(/C)N(CCc1ccccc1)Cc1c(F)cccc1C(F)(F)F.CCCCN. The number of hydrogen-bond donors (Lipinski definition) is 2. The maximum absolute atomic E-state index is 14.2. The van der Waals surface area contributed by atoms with Gasteiger partial charge in [-0.05, 0) is 75.7 Å². The second-order valence-corrected chi connectivity index (χ2v) is 10.4. The van der Waals surface area contributed by atoms with Crippen LogP contribution in [0.1, 0.15) is 69.2 Å². The first kappa shape index (κ1) is 39.9. The van der Waals surface area contributed by atoms with Crippen LogP contribution >= 0.6 is 0 Å². The molecule has 0 saturated heterocycles. The fourth-order valence-corrected chi connectivity index (χ4v) is 4.33. The Labute approximate surface area is 271 Å². The average Bonchev–Trinajstić information content (AvgIpc) is 3.02. The third kappa shape index (κ3) is 14.3. The Kier molecular flexibility index (Phi) is 18.7. The van der Waals surface area contributed by atoms with Gasteiger partial charge in [0.25, 0.3) is 0 Å². The van der Waals surface area contributed by atoms with Crippen LogP contribution in [-0.2, 0) is 19.1 Å². The van der Waals surface area contributed by atoms with Crippen molar-refractivity contribution in [1.82, 2.24) is 10.2 Å². The smallest absolute Gasteiger partial charge is 0.416 e. The van der Waals surface area contributed by atoms with Crippen LogP contribution in [-0.4, -0.2) is 25.1 Å². The average molecular weight is 646 g/mol. The van der Waals surface area contributed by atoms with Crippen molar-refractivity contribution in [3.8, 4) is 5.75 Å². The first-order valence-corrected chi connectivity index (χ1v) is 15.3. The standard InChI is InChI=1S/C21H23F4N.C12H14FNO.C4H11N/c1-3-8-16(2)26(14-13-17-9-5-4-6-10-17)15-18-19(21(23,24)25)11-7-12-20(18)22;1-4-14-9(2)8-10-6-5-7-11(15-3)12(10)13;1-2-3-4-5/h4-12H,3,13-15H2,1-2H3;4-8,14H,1H2,2-3H3;2-5H2,1H3/b16-8-;9-8+;. The number of rotatable bonds is 13. The zero-order valence-electron chi connectivity index (χ0n) is 27.6. The van der Waals surface area contributed by atoms with Crippen molar-refractivity contribution in [2.75, 3.05) is 20.2 Å². The van der Waals surface area contributed by atoms with Crippen molar-refractivity contribution in [3.63, 3.8) is 0 Å². The summed E-state index contributed by atoms with van der Waals surface area (Å²) in [7, 11) is 1.45. The van der Waals surface area contributed by atoms with E-state index in [9.17, 15) is 22.0 Å². The van der Waals surface area contributed by atoms with Gasteiger partial charge in [-0.15, -0.1) is 0 Å². The van der Waals surface area contributed by atoms with Gasteiger partial charge in [0.2, 0.25) is 0 Å². The maximum Gasteiger partial charge on any atom is 0.416 e. The molecule has 3 aromatic rings. The number of allylic oxidation sites excluding steroid dienone is 3. The zero-order valence-corrected chi connectivity index (χ0v) is 27.6. The second-order valence-electron chi connectivity index (χ2n) is 10.4. The summed E-state index contributed by atoms with van der Waals surface area (Å²) in [6, 6.07) is 17.8. The number of halogens is 5. The van der Waals surface area contributed by atoms with Crippen LogP contribution in [0.15, 0.2) is 97.0 Å². The summed E-state index contributed by atoms with van der Waals surface area (Å²) >= 11 is 0. The zero-order chi connectivity index (χ0) is 34.5. The van der Waals surface area contributed by atoms with Crippen molar-refractivity contribution in [2.45, 2.75) is 66.1 Å². The van der Waals surface area contributed by atoms with Crippen LogP contribution < -0.4 is 15.8 Å². The van der Waals surface area contributed by atoms with E-state index in [1.165, 1.54) is 20.0 Å². The summed E-state index contributed by atoms with van der Waals surface area (Å²) in [4.78, 5) is 1.81. The van der Waals surface area contributed by atoms with Crippen LogP contribution in [0.3, 0.4) is 0 Å². The second kappa shape index (κ2) is 21.6. The lowest BCUT2D eigenvalue weighted by Crippen LogP contribution is -2.26. The molecule has 0 spiro atoms. The summed E-state index contributed by atoms with van der Waals surface area (Å²) in [5.41, 5.74) is 7.16. The Balaban J connectivity index is 0.000000444. The van der Waals surface area contributed by atoms with E-state index in [1.54, 1.807) is 30.5 Å². The van der Waals surface area contributed by atoms with Crippen molar-refractivity contribution < 1.29 is 26.7 Å². The highest BCUT2D eigenvalue weighted by Gasteiger charge is 2.34. The quantitative estimate of drug-likeness (QED) is 0.182. The summed E-state index contributed by atoms with van der Waals surface area (Å²) < 4.78 is 72.6. The minimum atomic E-state index is -4.58. The molecule has 0 heterocycles. The number of hydrogen-bond acceptors (Lipinski definition) is 4. The van der Waals surface area contributed by atoms with Gasteiger partial charge in [0.1, 0.15) is 5.82 Å². The number of benzene rings is 3. The van der Waals surface area contributed by atoms with E-state index in [0.29, 0.717) is 18.5 Å². The molecule has 0 bridgehead atoms. The third-order valence-electron chi connectivity index (χ3n) is 6.76. The van der Waals surface area contributed by atoms with Crippen LogP contribution in [0.25, 0.3) is 6.08 Å². The molecule has 0 fully saturated rings. The van der Waals surface area contributed by atoms with Crippen molar-refractivity contribution in [3.05, 3.63) is 131 Å². The van der Waals surface area contributed by atoms with Gasteiger partial charge in [0.15, 0.2) is 11.6 Å². The minimum Gasteiger partial charge on any atom is -0.494 e. The van der Waals surface area contributed by atoms with E-state index in [1.807, 2.05) is 62.1 Å². The molecule has 4 nitrogen and oxygen atoms in total. The van der Waals surface area contributed by atoms with Gasteiger partial charge in [-0.25, -0.2) is 8.78 Å². The molecular formula is C37H48F5N3O. The molecule has 0 saturated carbocycles. The van der Waals surface area contributed by atoms with E-state index in [-0.39, 0.29) is 23.7 Å². The Morgan fingerprint density at radius 1 is 0.978 bits per heavy atom. The van der Waals surface area contributed by atoms with E-state index >= 15 is 0 Å². The van der Waals surface area contributed by atoms with Crippen LogP contribution in [0, 0.1) is 11.6 Å². The molecule has 0 atom stereocenters. The Morgan fingerprint density at radius 2 is 1.65 bits per heavy atom. The summed E-state index contributed by atoms with van der Waals surface area (Å²) in [5, 5.41) is 2.88. The first-order chi connectivity index (χ1) is 21.9. The highest BCUT2D eigenvalue weighted by atomic mass is 19.4. The highest BCUT2D eigenvalue weighted by Crippen LogP contribution is 2.34. The van der Waals surface area contributed by atoms with Crippen LogP contribution in [0.4, 0.5) is 22.0 Å². The Hall–Kier alpha value is -4.11. The lowest BCUT2D eigenvalue weighted by atomic mass is 10.0. The molecule has 0 unspecified atom stereocenters. The monoisotopic (exact) mass is 645 g/mol. The van der Waals surface area contributed by atoms with Crippen molar-refractivity contribution in [1.29, 1.82) is 0 Å². The van der Waals surface area contributed by atoms with Gasteiger partial charge in [-0.1, -0.05) is 81.5 Å². The maximum atomic E-state index is 14.2. The highest BCUT2D eigenvalue weighted by molar-refractivity contribution is 5.55. The Bertz CT molecular complexity index is 1370. The van der Waals surface area contributed by atoms with Gasteiger partial charge in [0.05, 0.1) is 12.7 Å². The number of ether oxygens (including phenoxy) is 1. The molecule has 3 aromatic carbocycles. The molecule has 0 amide bonds. The molecule has 9 heteroatoms.